The van der Waals surface area contributed by atoms with Crippen LogP contribution in [0.2, 0.25) is 5.02 Å². The first-order chi connectivity index (χ1) is 8.15. The first-order valence-electron chi connectivity index (χ1n) is 4.73. The summed E-state index contributed by atoms with van der Waals surface area (Å²) in [5, 5.41) is 6.86. The fraction of sp³-hybridized carbons (Fsp3) is 0.200. The van der Waals surface area contributed by atoms with E-state index in [1.54, 1.807) is 25.4 Å². The molecule has 1 atom stereocenters. The molecule has 0 saturated carbocycles. The molecule has 1 unspecified atom stereocenters. The number of nitrogens with one attached hydrogen (secondary N) is 1. The molecule has 0 fully saturated rings. The highest BCUT2D eigenvalue weighted by molar-refractivity contribution is 9.10. The molecule has 0 spiro atoms. The summed E-state index contributed by atoms with van der Waals surface area (Å²) in [6, 6.07) is 3.12. The van der Waals surface area contributed by atoms with Crippen molar-refractivity contribution in [1.82, 2.24) is 14.9 Å². The lowest BCUT2D eigenvalue weighted by Crippen LogP contribution is -2.18. The summed E-state index contributed by atoms with van der Waals surface area (Å²) in [7, 11) is 1.75. The second-order valence-electron chi connectivity index (χ2n) is 3.31. The Bertz CT molecular complexity index is 521. The van der Waals surface area contributed by atoms with Crippen LogP contribution in [0.5, 0.6) is 0 Å². The maximum atomic E-state index is 14.1. The molecule has 0 radical (unpaired) electrons. The number of hydrogen-bond acceptors (Lipinski definition) is 4. The van der Waals surface area contributed by atoms with E-state index in [0.717, 1.165) is 4.88 Å². The molecule has 2 rings (SSSR count). The van der Waals surface area contributed by atoms with Crippen LogP contribution in [0.1, 0.15) is 16.5 Å². The molecule has 90 valence electrons. The average molecular weight is 337 g/mol. The summed E-state index contributed by atoms with van der Waals surface area (Å²) in [5.41, 5.74) is 0.478. The van der Waals surface area contributed by atoms with E-state index in [4.69, 9.17) is 11.6 Å². The Morgan fingerprint density at radius 3 is 2.88 bits per heavy atom. The molecule has 0 aliphatic heterocycles. The Morgan fingerprint density at radius 2 is 2.29 bits per heavy atom. The van der Waals surface area contributed by atoms with Gasteiger partial charge in [-0.3, -0.25) is 0 Å². The maximum Gasteiger partial charge on any atom is 0.148 e. The molecule has 3 nitrogen and oxygen atoms in total. The van der Waals surface area contributed by atoms with Gasteiger partial charge >= 0.3 is 0 Å². The van der Waals surface area contributed by atoms with Crippen LogP contribution in [0.15, 0.2) is 22.8 Å². The standard InChI is InChI=1S/C10H8BrClFN3S/c1-14-10(7-4-15-16-17-7)5-2-3-6(11)8(12)9(5)13/h2-4,10,14H,1H3. The van der Waals surface area contributed by atoms with Gasteiger partial charge in [-0.1, -0.05) is 22.2 Å². The summed E-state index contributed by atoms with van der Waals surface area (Å²) in [6.07, 6.45) is 1.61. The number of nitrogens with zero attached hydrogens (tertiary/aromatic N) is 2. The Balaban J connectivity index is 2.49. The van der Waals surface area contributed by atoms with Gasteiger partial charge in [-0.15, -0.1) is 5.10 Å². The van der Waals surface area contributed by atoms with Crippen LogP contribution in [0.25, 0.3) is 0 Å². The quantitative estimate of drug-likeness (QED) is 0.873. The highest BCUT2D eigenvalue weighted by atomic mass is 79.9. The van der Waals surface area contributed by atoms with Crippen LogP contribution in [0.4, 0.5) is 4.39 Å². The number of aromatic nitrogens is 2. The van der Waals surface area contributed by atoms with Gasteiger partial charge in [0.2, 0.25) is 0 Å². The van der Waals surface area contributed by atoms with Crippen molar-refractivity contribution < 1.29 is 4.39 Å². The first kappa shape index (κ1) is 12.9. The van der Waals surface area contributed by atoms with Crippen molar-refractivity contribution in [2.45, 2.75) is 6.04 Å². The van der Waals surface area contributed by atoms with Crippen molar-refractivity contribution in [3.63, 3.8) is 0 Å². The van der Waals surface area contributed by atoms with Crippen molar-refractivity contribution in [2.75, 3.05) is 7.05 Å². The molecule has 0 bridgehead atoms. The molecule has 1 heterocycles. The normalized spacial score (nSPS) is 12.7. The lowest BCUT2D eigenvalue weighted by atomic mass is 10.1. The monoisotopic (exact) mass is 335 g/mol. The maximum absolute atomic E-state index is 14.1. The third-order valence-corrected chi connectivity index (χ3v) is 4.31. The summed E-state index contributed by atoms with van der Waals surface area (Å²) >= 11 is 10.3. The summed E-state index contributed by atoms with van der Waals surface area (Å²) in [5.74, 6) is -0.436. The zero-order valence-corrected chi connectivity index (χ0v) is 11.9. The lowest BCUT2D eigenvalue weighted by molar-refractivity contribution is 0.578. The van der Waals surface area contributed by atoms with E-state index in [2.05, 4.69) is 30.8 Å². The predicted molar refractivity (Wildman–Crippen MR) is 69.9 cm³/mol. The average Bonchev–Trinajstić information content (AvgIpc) is 2.84. The zero-order valence-electron chi connectivity index (χ0n) is 8.75. The molecule has 1 aromatic carbocycles. The van der Waals surface area contributed by atoms with Crippen LogP contribution in [-0.4, -0.2) is 16.6 Å². The fourth-order valence-corrected chi connectivity index (χ4v) is 2.63. The van der Waals surface area contributed by atoms with Gasteiger partial charge in [-0.2, -0.15) is 0 Å². The highest BCUT2D eigenvalue weighted by Crippen LogP contribution is 2.33. The van der Waals surface area contributed by atoms with E-state index in [0.29, 0.717) is 10.0 Å². The molecule has 0 amide bonds. The van der Waals surface area contributed by atoms with Gasteiger partial charge < -0.3 is 5.32 Å². The molecule has 7 heteroatoms. The number of halogens is 3. The minimum Gasteiger partial charge on any atom is -0.308 e. The number of hydrogen-bond donors (Lipinski definition) is 1. The van der Waals surface area contributed by atoms with Gasteiger partial charge in [-0.25, -0.2) is 4.39 Å². The third kappa shape index (κ3) is 2.49. The summed E-state index contributed by atoms with van der Waals surface area (Å²) in [4.78, 5) is 0.838. The second kappa shape index (κ2) is 5.39. The minimum absolute atomic E-state index is 0.0835. The van der Waals surface area contributed by atoms with E-state index in [-0.39, 0.29) is 11.1 Å². The highest BCUT2D eigenvalue weighted by Gasteiger charge is 2.20. The minimum atomic E-state index is -0.436. The van der Waals surface area contributed by atoms with Gasteiger partial charge in [0.1, 0.15) is 5.82 Å². The van der Waals surface area contributed by atoms with E-state index < -0.39 is 5.82 Å². The van der Waals surface area contributed by atoms with Crippen molar-refractivity contribution in [3.8, 4) is 0 Å². The van der Waals surface area contributed by atoms with Crippen molar-refractivity contribution in [2.24, 2.45) is 0 Å². The first-order valence-corrected chi connectivity index (χ1v) is 6.67. The van der Waals surface area contributed by atoms with Crippen LogP contribution >= 0.6 is 39.1 Å². The SMILES string of the molecule is CNC(c1cnns1)c1ccc(Br)c(Cl)c1F. The number of rotatable bonds is 3. The molecular weight excluding hydrogens is 329 g/mol. The second-order valence-corrected chi connectivity index (χ2v) is 5.36. The van der Waals surface area contributed by atoms with E-state index >= 15 is 0 Å². The molecule has 1 N–H and O–H groups in total. The van der Waals surface area contributed by atoms with Crippen LogP contribution < -0.4 is 5.32 Å². The summed E-state index contributed by atoms with van der Waals surface area (Å²) in [6.45, 7) is 0. The Hall–Kier alpha value is -0.560. The molecule has 17 heavy (non-hydrogen) atoms. The van der Waals surface area contributed by atoms with E-state index in [1.807, 2.05) is 0 Å². The molecular formula is C10H8BrClFN3S. The van der Waals surface area contributed by atoms with E-state index in [9.17, 15) is 4.39 Å². The van der Waals surface area contributed by atoms with Gasteiger partial charge in [-0.05, 0) is 40.6 Å². The fourth-order valence-electron chi connectivity index (χ4n) is 1.52. The van der Waals surface area contributed by atoms with Gasteiger partial charge in [0.05, 0.1) is 22.1 Å². The Labute approximate surface area is 115 Å². The lowest BCUT2D eigenvalue weighted by Gasteiger charge is -2.15. The van der Waals surface area contributed by atoms with E-state index in [1.165, 1.54) is 11.5 Å². The van der Waals surface area contributed by atoms with Crippen molar-refractivity contribution in [1.29, 1.82) is 0 Å². The smallest absolute Gasteiger partial charge is 0.148 e. The van der Waals surface area contributed by atoms with Gasteiger partial charge in [0, 0.05) is 10.0 Å². The molecule has 2 aromatic rings. The van der Waals surface area contributed by atoms with Crippen molar-refractivity contribution >= 4 is 39.1 Å². The Kier molecular flexibility index (Phi) is 4.09. The largest absolute Gasteiger partial charge is 0.308 e. The topological polar surface area (TPSA) is 37.8 Å². The predicted octanol–water partition coefficient (Wildman–Crippen LogP) is 3.40. The Morgan fingerprint density at radius 1 is 1.53 bits per heavy atom. The summed E-state index contributed by atoms with van der Waals surface area (Å²) < 4.78 is 18.4. The third-order valence-electron chi connectivity index (χ3n) is 2.33. The van der Waals surface area contributed by atoms with Crippen LogP contribution in [0.3, 0.4) is 0 Å². The molecule has 0 saturated heterocycles. The van der Waals surface area contributed by atoms with Gasteiger partial charge in [0.25, 0.3) is 0 Å². The van der Waals surface area contributed by atoms with Gasteiger partial charge in [0.15, 0.2) is 0 Å². The van der Waals surface area contributed by atoms with Crippen LogP contribution in [-0.2, 0) is 0 Å². The van der Waals surface area contributed by atoms with Crippen LogP contribution in [0, 0.1) is 5.82 Å². The molecule has 0 aliphatic carbocycles. The van der Waals surface area contributed by atoms with Crippen molar-refractivity contribution in [3.05, 3.63) is 44.1 Å². The molecule has 1 aromatic heterocycles. The molecule has 0 aliphatic rings. The zero-order chi connectivity index (χ0) is 12.4. The number of benzene rings is 1.